The highest BCUT2D eigenvalue weighted by Crippen LogP contribution is 2.15. The second-order valence-corrected chi connectivity index (χ2v) is 4.49. The lowest BCUT2D eigenvalue weighted by Gasteiger charge is -2.18. The third-order valence-electron chi connectivity index (χ3n) is 3.08. The van der Waals surface area contributed by atoms with Gasteiger partial charge in [-0.1, -0.05) is 0 Å². The maximum absolute atomic E-state index is 11.9. The monoisotopic (exact) mass is 264 g/mol. The van der Waals surface area contributed by atoms with E-state index in [1.165, 1.54) is 0 Å². The highest BCUT2D eigenvalue weighted by molar-refractivity contribution is 6.00. The van der Waals surface area contributed by atoms with Crippen molar-refractivity contribution in [2.45, 2.75) is 19.4 Å². The van der Waals surface area contributed by atoms with E-state index >= 15 is 0 Å². The first kappa shape index (κ1) is 15.2. The quantitative estimate of drug-likeness (QED) is 0.728. The summed E-state index contributed by atoms with van der Waals surface area (Å²) in [6, 6.07) is 6.98. The van der Waals surface area contributed by atoms with Crippen molar-refractivity contribution in [2.24, 2.45) is 0 Å². The molecule has 0 bridgehead atoms. The predicted octanol–water partition coefficient (Wildman–Crippen LogP) is 1.39. The molecule has 1 rings (SSSR count). The number of nitrogens with one attached hydrogen (secondary N) is 1. The van der Waals surface area contributed by atoms with Gasteiger partial charge in [0.05, 0.1) is 12.5 Å². The minimum Gasteiger partial charge on any atom is -0.481 e. The summed E-state index contributed by atoms with van der Waals surface area (Å²) in [6.45, 7) is 2.25. The molecule has 2 N–H and O–H groups in total. The summed E-state index contributed by atoms with van der Waals surface area (Å²) >= 11 is 0. The molecule has 1 aromatic carbocycles. The molecular formula is C14H20N2O3. The van der Waals surface area contributed by atoms with Gasteiger partial charge in [0, 0.05) is 24.8 Å². The van der Waals surface area contributed by atoms with Crippen molar-refractivity contribution >= 4 is 17.4 Å². The third kappa shape index (κ3) is 4.37. The molecule has 0 saturated carbocycles. The van der Waals surface area contributed by atoms with E-state index in [9.17, 15) is 9.59 Å². The van der Waals surface area contributed by atoms with Gasteiger partial charge in [-0.05, 0) is 38.2 Å². The van der Waals surface area contributed by atoms with Crippen LogP contribution in [0.1, 0.15) is 23.7 Å². The number of carboxylic acid groups (broad SMARTS) is 1. The van der Waals surface area contributed by atoms with Crippen LogP contribution in [0.2, 0.25) is 0 Å². The van der Waals surface area contributed by atoms with Gasteiger partial charge >= 0.3 is 5.97 Å². The van der Waals surface area contributed by atoms with Gasteiger partial charge in [-0.15, -0.1) is 0 Å². The number of hydrogen-bond donors (Lipinski definition) is 2. The summed E-state index contributed by atoms with van der Waals surface area (Å²) in [7, 11) is 3.58. The molecule has 0 fully saturated rings. The lowest BCUT2D eigenvalue weighted by atomic mass is 10.1. The van der Waals surface area contributed by atoms with E-state index in [1.807, 2.05) is 31.0 Å². The van der Waals surface area contributed by atoms with Gasteiger partial charge in [0.25, 0.3) is 0 Å². The number of rotatable bonds is 7. The number of carbonyl (C=O) groups excluding carboxylic acids is 1. The number of carboxylic acids is 1. The first-order valence-electron chi connectivity index (χ1n) is 6.20. The average Bonchev–Trinajstić information content (AvgIpc) is 2.43. The molecule has 0 aliphatic rings. The number of nitrogens with zero attached hydrogens (tertiary/aromatic N) is 1. The van der Waals surface area contributed by atoms with Crippen LogP contribution in [0.4, 0.5) is 5.69 Å². The topological polar surface area (TPSA) is 69.6 Å². The Hall–Kier alpha value is -1.88. The summed E-state index contributed by atoms with van der Waals surface area (Å²) in [5.74, 6) is -0.774. The van der Waals surface area contributed by atoms with E-state index in [1.54, 1.807) is 19.2 Å². The Kier molecular flexibility index (Phi) is 5.51. The third-order valence-corrected chi connectivity index (χ3v) is 3.08. The predicted molar refractivity (Wildman–Crippen MR) is 74.8 cm³/mol. The van der Waals surface area contributed by atoms with Crippen LogP contribution in [0, 0.1) is 0 Å². The molecule has 5 nitrogen and oxygen atoms in total. The molecule has 1 unspecified atom stereocenters. The molecule has 104 valence electrons. The van der Waals surface area contributed by atoms with Crippen LogP contribution in [0.25, 0.3) is 0 Å². The zero-order valence-electron chi connectivity index (χ0n) is 11.5. The highest BCUT2D eigenvalue weighted by atomic mass is 16.4. The molecule has 0 saturated heterocycles. The Morgan fingerprint density at radius 3 is 2.37 bits per heavy atom. The van der Waals surface area contributed by atoms with Crippen LogP contribution in [-0.2, 0) is 4.79 Å². The Balaban J connectivity index is 2.70. The van der Waals surface area contributed by atoms with Crippen molar-refractivity contribution < 1.29 is 14.7 Å². The van der Waals surface area contributed by atoms with Crippen LogP contribution in [0.15, 0.2) is 24.3 Å². The van der Waals surface area contributed by atoms with Gasteiger partial charge in [-0.3, -0.25) is 9.59 Å². The first-order valence-corrected chi connectivity index (χ1v) is 6.20. The van der Waals surface area contributed by atoms with Gasteiger partial charge in [-0.25, -0.2) is 0 Å². The molecule has 0 radical (unpaired) electrons. The number of carbonyl (C=O) groups is 2. The molecule has 1 atom stereocenters. The normalized spacial score (nSPS) is 11.9. The van der Waals surface area contributed by atoms with E-state index in [2.05, 4.69) is 5.32 Å². The largest absolute Gasteiger partial charge is 0.481 e. The molecule has 0 heterocycles. The molecular weight excluding hydrogens is 244 g/mol. The van der Waals surface area contributed by atoms with Crippen LogP contribution >= 0.6 is 0 Å². The van der Waals surface area contributed by atoms with Crippen molar-refractivity contribution in [3.05, 3.63) is 29.8 Å². The number of benzene rings is 1. The minimum atomic E-state index is -0.818. The molecule has 0 amide bonds. The fourth-order valence-electron chi connectivity index (χ4n) is 1.65. The zero-order valence-corrected chi connectivity index (χ0v) is 11.5. The lowest BCUT2D eigenvalue weighted by molar-refractivity contribution is -0.136. The Labute approximate surface area is 113 Å². The van der Waals surface area contributed by atoms with Gasteiger partial charge in [-0.2, -0.15) is 0 Å². The summed E-state index contributed by atoms with van der Waals surface area (Å²) in [4.78, 5) is 24.3. The molecule has 1 aromatic rings. The molecule has 0 spiro atoms. The number of Topliss-reactive ketones (excluding diaryl/α,β-unsaturated/α-hetero) is 1. The molecule has 0 aromatic heterocycles. The van der Waals surface area contributed by atoms with Crippen molar-refractivity contribution in [2.75, 3.05) is 25.5 Å². The van der Waals surface area contributed by atoms with Gasteiger partial charge < -0.3 is 15.3 Å². The highest BCUT2D eigenvalue weighted by Gasteiger charge is 2.13. The van der Waals surface area contributed by atoms with Crippen LogP contribution in [0.5, 0.6) is 0 Å². The van der Waals surface area contributed by atoms with Crippen molar-refractivity contribution in [3.63, 3.8) is 0 Å². The second-order valence-electron chi connectivity index (χ2n) is 4.49. The van der Waals surface area contributed by atoms with E-state index in [4.69, 9.17) is 5.11 Å². The summed E-state index contributed by atoms with van der Waals surface area (Å²) in [5.41, 5.74) is 1.55. The molecule has 19 heavy (non-hydrogen) atoms. The summed E-state index contributed by atoms with van der Waals surface area (Å²) in [5, 5.41) is 11.5. The lowest BCUT2D eigenvalue weighted by Crippen LogP contribution is -2.30. The number of anilines is 1. The molecule has 5 heteroatoms. The maximum atomic E-state index is 11.9. The Morgan fingerprint density at radius 1 is 1.32 bits per heavy atom. The second kappa shape index (κ2) is 6.89. The fraction of sp³-hybridized carbons (Fsp3) is 0.429. The van der Waals surface area contributed by atoms with Crippen LogP contribution in [0.3, 0.4) is 0 Å². The first-order chi connectivity index (χ1) is 8.95. The van der Waals surface area contributed by atoms with Crippen LogP contribution < -0.4 is 10.2 Å². The standard InChI is InChI=1S/C14H20N2O3/c1-10(15-2)14(19)11-4-6-12(7-5-11)16(3)9-8-13(17)18/h4-7,10,15H,8-9H2,1-3H3,(H,17,18). The summed E-state index contributed by atoms with van der Waals surface area (Å²) < 4.78 is 0. The minimum absolute atomic E-state index is 0.0437. The smallest absolute Gasteiger partial charge is 0.305 e. The number of likely N-dealkylation sites (N-methyl/N-ethyl adjacent to an activating group) is 1. The van der Waals surface area contributed by atoms with Gasteiger partial charge in [0.1, 0.15) is 0 Å². The SMILES string of the molecule is CNC(C)C(=O)c1ccc(N(C)CCC(=O)O)cc1. The van der Waals surface area contributed by atoms with E-state index in [0.29, 0.717) is 12.1 Å². The van der Waals surface area contributed by atoms with Gasteiger partial charge in [0.15, 0.2) is 5.78 Å². The Morgan fingerprint density at radius 2 is 1.89 bits per heavy atom. The molecule has 0 aliphatic heterocycles. The van der Waals surface area contributed by atoms with Crippen molar-refractivity contribution in [1.82, 2.24) is 5.32 Å². The van der Waals surface area contributed by atoms with E-state index < -0.39 is 5.97 Å². The number of aliphatic carboxylic acids is 1. The fourth-order valence-corrected chi connectivity index (χ4v) is 1.65. The average molecular weight is 264 g/mol. The maximum Gasteiger partial charge on any atom is 0.305 e. The molecule has 0 aliphatic carbocycles. The van der Waals surface area contributed by atoms with E-state index in [-0.39, 0.29) is 18.2 Å². The number of hydrogen-bond acceptors (Lipinski definition) is 4. The summed E-state index contributed by atoms with van der Waals surface area (Å²) in [6.07, 6.45) is 0.0912. The van der Waals surface area contributed by atoms with Crippen molar-refractivity contribution in [3.8, 4) is 0 Å². The van der Waals surface area contributed by atoms with Crippen LogP contribution in [-0.4, -0.2) is 43.5 Å². The van der Waals surface area contributed by atoms with Gasteiger partial charge in [0.2, 0.25) is 0 Å². The van der Waals surface area contributed by atoms with E-state index in [0.717, 1.165) is 5.69 Å². The zero-order chi connectivity index (χ0) is 14.4. The van der Waals surface area contributed by atoms with Crippen molar-refractivity contribution in [1.29, 1.82) is 0 Å². The number of ketones is 1. The Bertz CT molecular complexity index is 443.